The lowest BCUT2D eigenvalue weighted by molar-refractivity contribution is 0.217. The number of benzene rings is 4. The molecule has 0 bridgehead atoms. The van der Waals surface area contributed by atoms with Gasteiger partial charge < -0.3 is 18.9 Å². The van der Waals surface area contributed by atoms with Crippen molar-refractivity contribution < 1.29 is 18.9 Å². The zero-order valence-electron chi connectivity index (χ0n) is 25.6. The summed E-state index contributed by atoms with van der Waals surface area (Å²) in [5, 5.41) is 17.3. The number of thiocarbonyl (C=S) groups is 2. The summed E-state index contributed by atoms with van der Waals surface area (Å²) in [7, 11) is 0. The molecule has 0 spiro atoms. The Labute approximate surface area is 288 Å². The Morgan fingerprint density at radius 1 is 0.375 bits per heavy atom. The van der Waals surface area contributed by atoms with Crippen molar-refractivity contribution in [3.05, 3.63) is 119 Å². The fourth-order valence-corrected chi connectivity index (χ4v) is 4.38. The molecule has 5 rings (SSSR count). The molecule has 1 aliphatic heterocycles. The van der Waals surface area contributed by atoms with Gasteiger partial charge in [-0.2, -0.15) is 20.4 Å². The molecule has 14 heteroatoms. The molecule has 1 aliphatic rings. The Morgan fingerprint density at radius 2 is 0.604 bits per heavy atom. The van der Waals surface area contributed by atoms with Gasteiger partial charge in [0.1, 0.15) is 49.4 Å². The van der Waals surface area contributed by atoms with Gasteiger partial charge in [-0.05, 0) is 73.0 Å². The molecule has 0 aliphatic carbocycles. The molecule has 0 fully saturated rings. The van der Waals surface area contributed by atoms with Crippen molar-refractivity contribution in [1.29, 1.82) is 0 Å². The Morgan fingerprint density at radius 3 is 0.854 bits per heavy atom. The Bertz CT molecular complexity index is 1560. The Kier molecular flexibility index (Phi) is 12.8. The van der Waals surface area contributed by atoms with E-state index in [-0.39, 0.29) is 10.2 Å². The molecule has 0 amide bonds. The highest BCUT2D eigenvalue weighted by molar-refractivity contribution is 7.80. The van der Waals surface area contributed by atoms with Crippen molar-refractivity contribution in [1.82, 2.24) is 21.7 Å². The molecule has 12 nitrogen and oxygen atoms in total. The average molecular weight is 681 g/mol. The maximum absolute atomic E-state index is 5.97. The van der Waals surface area contributed by atoms with Crippen LogP contribution in [0.2, 0.25) is 0 Å². The lowest BCUT2D eigenvalue weighted by Crippen LogP contribution is -2.28. The van der Waals surface area contributed by atoms with E-state index in [4.69, 9.17) is 43.4 Å². The summed E-state index contributed by atoms with van der Waals surface area (Å²) in [5.74, 6) is 2.54. The SMILES string of the molecule is S=C1N/N=C/c2ccccc2OCCOc2ccccc2/C=N/NC(=S)N/N=C/c2ccccc2OCCOc2ccccc2/C=N/N1. The fraction of sp³-hybridized carbons (Fsp3) is 0.118. The maximum atomic E-state index is 5.97. The van der Waals surface area contributed by atoms with Gasteiger partial charge in [0.25, 0.3) is 0 Å². The van der Waals surface area contributed by atoms with Crippen LogP contribution < -0.4 is 40.7 Å². The number of nitrogens with one attached hydrogen (secondary N) is 4. The molecule has 0 unspecified atom stereocenters. The van der Waals surface area contributed by atoms with E-state index in [1.807, 2.05) is 97.1 Å². The van der Waals surface area contributed by atoms with Crippen molar-refractivity contribution in [3.8, 4) is 23.0 Å². The summed E-state index contributed by atoms with van der Waals surface area (Å²) < 4.78 is 23.9. The molecule has 48 heavy (non-hydrogen) atoms. The van der Waals surface area contributed by atoms with E-state index in [0.717, 1.165) is 22.3 Å². The molecular weight excluding hydrogens is 649 g/mol. The second kappa shape index (κ2) is 18.3. The number of ether oxygens (including phenoxy) is 4. The molecule has 0 radical (unpaired) electrons. The van der Waals surface area contributed by atoms with E-state index >= 15 is 0 Å². The monoisotopic (exact) mass is 680 g/mol. The van der Waals surface area contributed by atoms with Crippen LogP contribution in [0.5, 0.6) is 23.0 Å². The third-order valence-corrected chi connectivity index (χ3v) is 6.72. The first-order valence-electron chi connectivity index (χ1n) is 14.8. The molecule has 4 aromatic carbocycles. The van der Waals surface area contributed by atoms with Crippen LogP contribution >= 0.6 is 24.4 Å². The predicted molar refractivity (Wildman–Crippen MR) is 196 cm³/mol. The summed E-state index contributed by atoms with van der Waals surface area (Å²) >= 11 is 10.6. The topological polar surface area (TPSA) is 134 Å². The average Bonchev–Trinajstić information content (AvgIpc) is 3.10. The summed E-state index contributed by atoms with van der Waals surface area (Å²) in [6, 6.07) is 30.0. The van der Waals surface area contributed by atoms with Gasteiger partial charge in [0.15, 0.2) is 0 Å². The van der Waals surface area contributed by atoms with E-state index in [9.17, 15) is 0 Å². The van der Waals surface area contributed by atoms with Gasteiger partial charge in [0.05, 0.1) is 24.9 Å². The third-order valence-electron chi connectivity index (χ3n) is 6.35. The first kappa shape index (κ1) is 33.5. The van der Waals surface area contributed by atoms with Crippen molar-refractivity contribution in [3.63, 3.8) is 0 Å². The van der Waals surface area contributed by atoms with Crippen LogP contribution in [0.15, 0.2) is 117 Å². The smallest absolute Gasteiger partial charge is 0.207 e. The molecule has 0 saturated heterocycles. The van der Waals surface area contributed by atoms with Gasteiger partial charge in [-0.1, -0.05) is 48.5 Å². The standard InChI is InChI=1S/C34H32N8O4S2/c47-33-39-35-21-25-9-1-5-13-29(25)43-17-18-44-30-14-6-2-10-26(30)23-37-41-34(48)42-38-24-28-12-4-8-16-32(28)46-20-19-45-31-15-7-3-11-27(31)22-36-40-33/h1-16,21-24H,17-20H2,(H2,39,40,47)(H2,41,42,48)/b35-21+,36-22+,37-23+,38-24+. The van der Waals surface area contributed by atoms with Crippen molar-refractivity contribution in [2.24, 2.45) is 20.4 Å². The minimum Gasteiger partial charge on any atom is -0.489 e. The summed E-state index contributed by atoms with van der Waals surface area (Å²) in [4.78, 5) is 0. The number of fused-ring (bicyclic) bond motifs is 4. The Balaban J connectivity index is 1.29. The normalized spacial score (nSPS) is 17.2. The van der Waals surface area contributed by atoms with E-state index in [2.05, 4.69) is 42.1 Å². The molecule has 0 aromatic heterocycles. The second-order valence-corrected chi connectivity index (χ2v) is 10.5. The minimum atomic E-state index is 0.206. The fourth-order valence-electron chi connectivity index (χ4n) is 4.17. The molecule has 244 valence electrons. The molecule has 0 saturated carbocycles. The largest absolute Gasteiger partial charge is 0.489 e. The quantitative estimate of drug-likeness (QED) is 0.196. The molecule has 0 atom stereocenters. The minimum absolute atomic E-state index is 0.206. The van der Waals surface area contributed by atoms with Gasteiger partial charge in [-0.3, -0.25) is 21.7 Å². The van der Waals surface area contributed by atoms with E-state index in [1.54, 1.807) is 24.9 Å². The molecule has 1 heterocycles. The van der Waals surface area contributed by atoms with Crippen LogP contribution in [0.1, 0.15) is 22.3 Å². The number of nitrogens with zero attached hydrogens (tertiary/aromatic N) is 4. The lowest BCUT2D eigenvalue weighted by Gasteiger charge is -2.12. The number of hydrazone groups is 4. The number of hydrogen-bond donors (Lipinski definition) is 4. The van der Waals surface area contributed by atoms with Crippen LogP contribution in [0.3, 0.4) is 0 Å². The number of hydrogen-bond acceptors (Lipinski definition) is 10. The first-order valence-corrected chi connectivity index (χ1v) is 15.6. The molecular formula is C34H32N8O4S2. The van der Waals surface area contributed by atoms with Crippen LogP contribution in [-0.2, 0) is 0 Å². The summed E-state index contributed by atoms with van der Waals surface area (Å²) in [6.45, 7) is 1.17. The number of para-hydroxylation sites is 4. The van der Waals surface area contributed by atoms with Gasteiger partial charge >= 0.3 is 0 Å². The highest BCUT2D eigenvalue weighted by Gasteiger charge is 2.06. The molecule has 4 N–H and O–H groups in total. The van der Waals surface area contributed by atoms with Crippen molar-refractivity contribution in [2.75, 3.05) is 26.4 Å². The van der Waals surface area contributed by atoms with Gasteiger partial charge in [-0.25, -0.2) is 0 Å². The highest BCUT2D eigenvalue weighted by Crippen LogP contribution is 2.19. The first-order chi connectivity index (χ1) is 23.7. The van der Waals surface area contributed by atoms with Gasteiger partial charge in [0.2, 0.25) is 10.2 Å². The van der Waals surface area contributed by atoms with Crippen LogP contribution in [0.4, 0.5) is 0 Å². The highest BCUT2D eigenvalue weighted by atomic mass is 32.1. The maximum Gasteiger partial charge on any atom is 0.207 e. The van der Waals surface area contributed by atoms with Crippen molar-refractivity contribution >= 4 is 59.5 Å². The van der Waals surface area contributed by atoms with E-state index in [1.165, 1.54) is 0 Å². The van der Waals surface area contributed by atoms with Crippen LogP contribution in [0, 0.1) is 0 Å². The van der Waals surface area contributed by atoms with Crippen molar-refractivity contribution in [2.45, 2.75) is 0 Å². The zero-order valence-corrected chi connectivity index (χ0v) is 27.2. The van der Waals surface area contributed by atoms with Crippen LogP contribution in [0.25, 0.3) is 0 Å². The third kappa shape index (κ3) is 10.6. The summed E-state index contributed by atoms with van der Waals surface area (Å²) in [6.07, 6.45) is 6.44. The predicted octanol–water partition coefficient (Wildman–Crippen LogP) is 4.58. The zero-order chi connectivity index (χ0) is 33.2. The number of rotatable bonds is 0. The molecule has 4 aromatic rings. The summed E-state index contributed by atoms with van der Waals surface area (Å²) in [5.41, 5.74) is 14.0. The van der Waals surface area contributed by atoms with Gasteiger partial charge in [0, 0.05) is 22.3 Å². The van der Waals surface area contributed by atoms with Gasteiger partial charge in [-0.15, -0.1) is 0 Å². The second-order valence-electron chi connectivity index (χ2n) is 9.68. The lowest BCUT2D eigenvalue weighted by atomic mass is 10.2. The Hall–Kier alpha value is -5.86. The van der Waals surface area contributed by atoms with Crippen LogP contribution in [-0.4, -0.2) is 61.5 Å². The van der Waals surface area contributed by atoms with E-state index in [0.29, 0.717) is 49.4 Å². The van der Waals surface area contributed by atoms with E-state index < -0.39 is 0 Å².